The molecule has 0 radical (unpaired) electrons. The van der Waals surface area contributed by atoms with Crippen molar-refractivity contribution in [2.24, 2.45) is 4.99 Å². The average Bonchev–Trinajstić information content (AvgIpc) is 2.94. The van der Waals surface area contributed by atoms with Crippen LogP contribution in [0.2, 0.25) is 0 Å². The Kier molecular flexibility index (Phi) is 3.55. The Morgan fingerprint density at radius 3 is 2.32 bits per heavy atom. The van der Waals surface area contributed by atoms with Gasteiger partial charge in [0.05, 0.1) is 11.7 Å². The minimum atomic E-state index is 0.274. The first-order valence-electron chi connectivity index (χ1n) is 8.06. The minimum Gasteiger partial charge on any atom is -0.459 e. The standard InChI is InChI=1S/C19H20N2O/c1-3-9-15(10-4-1)20-19-21(16-11-5-2-6-12-16)17-13-7-8-14-18(17)22-19/h1-6,9-12,17-18H,7-8,13-14H2/t17-,18+/m0/s1. The van der Waals surface area contributed by atoms with Gasteiger partial charge in [-0.25, -0.2) is 0 Å². The number of anilines is 1. The number of para-hydroxylation sites is 2. The molecule has 2 aromatic rings. The highest BCUT2D eigenvalue weighted by atomic mass is 16.5. The molecule has 0 bridgehead atoms. The molecule has 1 aliphatic carbocycles. The third-order valence-corrected chi connectivity index (χ3v) is 4.48. The zero-order chi connectivity index (χ0) is 14.8. The lowest BCUT2D eigenvalue weighted by molar-refractivity contribution is 0.161. The van der Waals surface area contributed by atoms with Crippen LogP contribution in [0.4, 0.5) is 11.4 Å². The molecule has 112 valence electrons. The molecule has 0 spiro atoms. The minimum absolute atomic E-state index is 0.274. The van der Waals surface area contributed by atoms with E-state index in [1.165, 1.54) is 24.9 Å². The van der Waals surface area contributed by atoms with Crippen molar-refractivity contribution in [2.45, 2.75) is 37.8 Å². The molecule has 1 saturated carbocycles. The number of hydrogen-bond donors (Lipinski definition) is 0. The van der Waals surface area contributed by atoms with E-state index in [0.717, 1.165) is 18.1 Å². The van der Waals surface area contributed by atoms with Crippen molar-refractivity contribution in [2.75, 3.05) is 4.90 Å². The van der Waals surface area contributed by atoms with E-state index in [4.69, 9.17) is 9.73 Å². The van der Waals surface area contributed by atoms with E-state index in [-0.39, 0.29) is 6.10 Å². The smallest absolute Gasteiger partial charge is 0.297 e. The third kappa shape index (κ3) is 2.47. The van der Waals surface area contributed by atoms with Gasteiger partial charge in [0.15, 0.2) is 0 Å². The molecule has 1 aliphatic heterocycles. The predicted octanol–water partition coefficient (Wildman–Crippen LogP) is 4.52. The summed E-state index contributed by atoms with van der Waals surface area (Å²) in [5.41, 5.74) is 2.11. The molecule has 0 amide bonds. The number of hydrogen-bond acceptors (Lipinski definition) is 2. The van der Waals surface area contributed by atoms with Crippen LogP contribution in [-0.4, -0.2) is 18.2 Å². The lowest BCUT2D eigenvalue weighted by Gasteiger charge is -2.28. The second-order valence-electron chi connectivity index (χ2n) is 5.94. The van der Waals surface area contributed by atoms with Gasteiger partial charge in [-0.05, 0) is 43.5 Å². The molecule has 0 aromatic heterocycles. The van der Waals surface area contributed by atoms with E-state index in [0.29, 0.717) is 6.04 Å². The number of benzene rings is 2. The van der Waals surface area contributed by atoms with Crippen LogP contribution in [0.1, 0.15) is 25.7 Å². The zero-order valence-corrected chi connectivity index (χ0v) is 12.6. The molecule has 22 heavy (non-hydrogen) atoms. The van der Waals surface area contributed by atoms with Gasteiger partial charge >= 0.3 is 0 Å². The van der Waals surface area contributed by atoms with E-state index in [9.17, 15) is 0 Å². The summed E-state index contributed by atoms with van der Waals surface area (Å²) in [6.07, 6.45) is 5.10. The third-order valence-electron chi connectivity index (χ3n) is 4.48. The highest BCUT2D eigenvalue weighted by Gasteiger charge is 2.42. The fourth-order valence-electron chi connectivity index (χ4n) is 3.43. The van der Waals surface area contributed by atoms with Crippen molar-refractivity contribution in [3.63, 3.8) is 0 Å². The fourth-order valence-corrected chi connectivity index (χ4v) is 3.43. The maximum absolute atomic E-state index is 6.21. The van der Waals surface area contributed by atoms with Gasteiger partial charge in [0.1, 0.15) is 6.10 Å². The van der Waals surface area contributed by atoms with E-state index in [2.05, 4.69) is 29.2 Å². The Morgan fingerprint density at radius 1 is 0.864 bits per heavy atom. The van der Waals surface area contributed by atoms with Crippen LogP contribution >= 0.6 is 0 Å². The average molecular weight is 292 g/mol. The van der Waals surface area contributed by atoms with Crippen LogP contribution in [-0.2, 0) is 4.74 Å². The van der Waals surface area contributed by atoms with Crippen molar-refractivity contribution in [1.29, 1.82) is 0 Å². The van der Waals surface area contributed by atoms with Gasteiger partial charge in [-0.3, -0.25) is 4.90 Å². The first kappa shape index (κ1) is 13.4. The summed E-state index contributed by atoms with van der Waals surface area (Å²) >= 11 is 0. The second kappa shape index (κ2) is 5.84. The van der Waals surface area contributed by atoms with Gasteiger partial charge in [0.2, 0.25) is 0 Å². The number of nitrogens with zero attached hydrogens (tertiary/aromatic N) is 2. The van der Waals surface area contributed by atoms with Gasteiger partial charge in [-0.2, -0.15) is 4.99 Å². The van der Waals surface area contributed by atoms with Gasteiger partial charge in [-0.15, -0.1) is 0 Å². The van der Waals surface area contributed by atoms with Crippen LogP contribution in [0, 0.1) is 0 Å². The lowest BCUT2D eigenvalue weighted by Crippen LogP contribution is -2.38. The Labute approximate surface area is 131 Å². The van der Waals surface area contributed by atoms with E-state index in [1.807, 2.05) is 36.4 Å². The molecule has 4 rings (SSSR count). The van der Waals surface area contributed by atoms with Gasteiger partial charge < -0.3 is 4.74 Å². The molecule has 0 unspecified atom stereocenters. The fraction of sp³-hybridized carbons (Fsp3) is 0.316. The molecule has 1 heterocycles. The first-order valence-corrected chi connectivity index (χ1v) is 8.06. The van der Waals surface area contributed by atoms with Crippen molar-refractivity contribution in [1.82, 2.24) is 0 Å². The summed E-state index contributed by atoms with van der Waals surface area (Å²) in [6.45, 7) is 0. The number of rotatable bonds is 2. The van der Waals surface area contributed by atoms with Gasteiger partial charge in [0.25, 0.3) is 6.02 Å². The Morgan fingerprint density at radius 2 is 1.55 bits per heavy atom. The maximum Gasteiger partial charge on any atom is 0.297 e. The molecule has 2 atom stereocenters. The summed E-state index contributed by atoms with van der Waals surface area (Å²) in [7, 11) is 0. The van der Waals surface area contributed by atoms with E-state index in [1.54, 1.807) is 0 Å². The summed E-state index contributed by atoms with van der Waals surface area (Å²) in [4.78, 5) is 7.05. The molecule has 1 saturated heterocycles. The van der Waals surface area contributed by atoms with Crippen LogP contribution < -0.4 is 4.90 Å². The molecule has 3 heteroatoms. The van der Waals surface area contributed by atoms with Crippen molar-refractivity contribution in [3.8, 4) is 0 Å². The Hall–Kier alpha value is -2.29. The number of amidine groups is 1. The normalized spacial score (nSPS) is 25.8. The van der Waals surface area contributed by atoms with Crippen LogP contribution in [0.25, 0.3) is 0 Å². The summed E-state index contributed by atoms with van der Waals surface area (Å²) in [5.74, 6) is 0. The lowest BCUT2D eigenvalue weighted by atomic mass is 9.92. The number of aliphatic imine (C=N–C) groups is 1. The van der Waals surface area contributed by atoms with Crippen LogP contribution in [0.15, 0.2) is 65.7 Å². The van der Waals surface area contributed by atoms with Gasteiger partial charge in [-0.1, -0.05) is 42.8 Å². The predicted molar refractivity (Wildman–Crippen MR) is 89.6 cm³/mol. The van der Waals surface area contributed by atoms with Crippen LogP contribution in [0.3, 0.4) is 0 Å². The van der Waals surface area contributed by atoms with E-state index < -0.39 is 0 Å². The van der Waals surface area contributed by atoms with Crippen molar-refractivity contribution >= 4 is 17.4 Å². The van der Waals surface area contributed by atoms with Crippen LogP contribution in [0.5, 0.6) is 0 Å². The summed E-state index contributed by atoms with van der Waals surface area (Å²) in [5, 5.41) is 0. The van der Waals surface area contributed by atoms with Crippen molar-refractivity contribution < 1.29 is 4.74 Å². The molecule has 2 aromatic carbocycles. The van der Waals surface area contributed by atoms with Gasteiger partial charge in [0, 0.05) is 5.69 Å². The Balaban J connectivity index is 1.73. The summed E-state index contributed by atoms with van der Waals surface area (Å²) < 4.78 is 6.21. The quantitative estimate of drug-likeness (QED) is 0.813. The number of ether oxygens (including phenoxy) is 1. The van der Waals surface area contributed by atoms with E-state index >= 15 is 0 Å². The largest absolute Gasteiger partial charge is 0.459 e. The SMILES string of the molecule is c1ccc(N=C2O[C@@H]3CCCC[C@@H]3N2c2ccccc2)cc1. The molecule has 3 nitrogen and oxygen atoms in total. The Bertz CT molecular complexity index is 654. The topological polar surface area (TPSA) is 24.8 Å². The molecular formula is C19H20N2O. The highest BCUT2D eigenvalue weighted by Crippen LogP contribution is 2.36. The molecule has 2 aliphatic rings. The molecular weight excluding hydrogens is 272 g/mol. The second-order valence-corrected chi connectivity index (χ2v) is 5.94. The maximum atomic E-state index is 6.21. The number of fused-ring (bicyclic) bond motifs is 1. The first-order chi connectivity index (χ1) is 10.9. The highest BCUT2D eigenvalue weighted by molar-refractivity contribution is 5.96. The monoisotopic (exact) mass is 292 g/mol. The molecule has 0 N–H and O–H groups in total. The summed E-state index contributed by atoms with van der Waals surface area (Å²) in [6, 6.07) is 21.7. The molecule has 2 fully saturated rings. The zero-order valence-electron chi connectivity index (χ0n) is 12.6. The van der Waals surface area contributed by atoms with Crippen molar-refractivity contribution in [3.05, 3.63) is 60.7 Å².